The van der Waals surface area contributed by atoms with Crippen molar-refractivity contribution in [1.82, 2.24) is 30.0 Å². The third kappa shape index (κ3) is 3.64. The summed E-state index contributed by atoms with van der Waals surface area (Å²) in [6, 6.07) is 7.24. The number of tetrazole rings is 1. The summed E-state index contributed by atoms with van der Waals surface area (Å²) in [7, 11) is 0. The first-order valence-electron chi connectivity index (χ1n) is 8.15. The Morgan fingerprint density at radius 2 is 1.88 bits per heavy atom. The molecule has 0 N–H and O–H groups in total. The molecule has 1 aromatic heterocycles. The molecule has 1 aliphatic rings. The Bertz CT molecular complexity index is 693. The van der Waals surface area contributed by atoms with E-state index in [-0.39, 0.29) is 5.91 Å². The van der Waals surface area contributed by atoms with Crippen molar-refractivity contribution < 1.29 is 4.79 Å². The highest BCUT2D eigenvalue weighted by Crippen LogP contribution is 2.18. The second kappa shape index (κ2) is 7.40. The van der Waals surface area contributed by atoms with Gasteiger partial charge in [-0.3, -0.25) is 4.79 Å². The summed E-state index contributed by atoms with van der Waals surface area (Å²) in [5.41, 5.74) is 0.876. The number of piperazine rings is 1. The fraction of sp³-hybridized carbons (Fsp3) is 0.500. The Balaban J connectivity index is 1.68. The van der Waals surface area contributed by atoms with E-state index in [1.807, 2.05) is 36.1 Å². The SMILES string of the molecule is CCN1CCN(C(=O)C(C)n2nnc(-c3ccc(Br)cc3)n2)CC1. The van der Waals surface area contributed by atoms with Crippen molar-refractivity contribution in [2.45, 2.75) is 19.9 Å². The number of carbonyl (C=O) groups is 1. The number of amides is 1. The number of likely N-dealkylation sites (N-methyl/N-ethyl adjacent to an activating group) is 1. The molecule has 1 aliphatic heterocycles. The zero-order chi connectivity index (χ0) is 17.1. The van der Waals surface area contributed by atoms with E-state index >= 15 is 0 Å². The van der Waals surface area contributed by atoms with Crippen LogP contribution in [0.3, 0.4) is 0 Å². The van der Waals surface area contributed by atoms with E-state index in [9.17, 15) is 4.79 Å². The van der Waals surface area contributed by atoms with Crippen LogP contribution in [-0.4, -0.2) is 68.6 Å². The van der Waals surface area contributed by atoms with Crippen molar-refractivity contribution in [3.8, 4) is 11.4 Å². The zero-order valence-electron chi connectivity index (χ0n) is 13.9. The molecule has 1 saturated heterocycles. The summed E-state index contributed by atoms with van der Waals surface area (Å²) in [6.07, 6.45) is 0. The van der Waals surface area contributed by atoms with Crippen LogP contribution in [0.4, 0.5) is 0 Å². The largest absolute Gasteiger partial charge is 0.338 e. The van der Waals surface area contributed by atoms with Crippen LogP contribution in [-0.2, 0) is 4.79 Å². The lowest BCUT2D eigenvalue weighted by molar-refractivity contribution is -0.136. The number of aromatic nitrogens is 4. The van der Waals surface area contributed by atoms with Crippen molar-refractivity contribution >= 4 is 21.8 Å². The monoisotopic (exact) mass is 392 g/mol. The maximum atomic E-state index is 12.7. The molecule has 1 atom stereocenters. The molecule has 2 heterocycles. The van der Waals surface area contributed by atoms with Gasteiger partial charge in [-0.1, -0.05) is 22.9 Å². The van der Waals surface area contributed by atoms with Gasteiger partial charge in [-0.25, -0.2) is 0 Å². The molecule has 7 nitrogen and oxygen atoms in total. The zero-order valence-corrected chi connectivity index (χ0v) is 15.5. The summed E-state index contributed by atoms with van der Waals surface area (Å²) >= 11 is 3.40. The molecular formula is C16H21BrN6O. The minimum atomic E-state index is -0.449. The fourth-order valence-electron chi connectivity index (χ4n) is 2.75. The molecule has 2 aromatic rings. The Kier molecular flexibility index (Phi) is 5.25. The number of rotatable bonds is 4. The quantitative estimate of drug-likeness (QED) is 0.793. The molecule has 0 saturated carbocycles. The van der Waals surface area contributed by atoms with E-state index in [0.717, 1.165) is 42.8 Å². The Labute approximate surface area is 149 Å². The number of hydrogen-bond acceptors (Lipinski definition) is 5. The molecule has 8 heteroatoms. The first-order chi connectivity index (χ1) is 11.6. The molecule has 24 heavy (non-hydrogen) atoms. The number of nitrogens with zero attached hydrogens (tertiary/aromatic N) is 6. The van der Waals surface area contributed by atoms with Gasteiger partial charge in [0.15, 0.2) is 0 Å². The maximum Gasteiger partial charge on any atom is 0.249 e. The number of carbonyl (C=O) groups excluding carboxylic acids is 1. The standard InChI is InChI=1S/C16H21BrN6O/c1-3-21-8-10-22(11-9-21)16(24)12(2)23-19-15(18-20-23)13-4-6-14(17)7-5-13/h4-7,12H,3,8-11H2,1-2H3. The van der Waals surface area contributed by atoms with Gasteiger partial charge < -0.3 is 9.80 Å². The minimum Gasteiger partial charge on any atom is -0.338 e. The third-order valence-corrected chi connectivity index (χ3v) is 4.89. The maximum absolute atomic E-state index is 12.7. The van der Waals surface area contributed by atoms with Gasteiger partial charge in [-0.05, 0) is 42.9 Å². The van der Waals surface area contributed by atoms with Crippen LogP contribution >= 0.6 is 15.9 Å². The van der Waals surface area contributed by atoms with Crippen LogP contribution in [0.5, 0.6) is 0 Å². The Hall–Kier alpha value is -1.80. The highest BCUT2D eigenvalue weighted by molar-refractivity contribution is 9.10. The Morgan fingerprint density at radius 1 is 1.21 bits per heavy atom. The molecule has 0 radical (unpaired) electrons. The van der Waals surface area contributed by atoms with Gasteiger partial charge in [0.05, 0.1) is 0 Å². The number of benzene rings is 1. The van der Waals surface area contributed by atoms with Crippen molar-refractivity contribution in [2.75, 3.05) is 32.7 Å². The minimum absolute atomic E-state index is 0.0468. The molecule has 1 fully saturated rings. The van der Waals surface area contributed by atoms with Crippen LogP contribution in [0.2, 0.25) is 0 Å². The van der Waals surface area contributed by atoms with Gasteiger partial charge in [-0.15, -0.1) is 10.2 Å². The predicted octanol–water partition coefficient (Wildman–Crippen LogP) is 1.83. The van der Waals surface area contributed by atoms with Crippen LogP contribution < -0.4 is 0 Å². The van der Waals surface area contributed by atoms with Crippen molar-refractivity contribution in [3.63, 3.8) is 0 Å². The summed E-state index contributed by atoms with van der Waals surface area (Å²) < 4.78 is 0.994. The van der Waals surface area contributed by atoms with Crippen LogP contribution in [0.1, 0.15) is 19.9 Å². The second-order valence-electron chi connectivity index (χ2n) is 5.88. The molecule has 128 valence electrons. The van der Waals surface area contributed by atoms with Gasteiger partial charge >= 0.3 is 0 Å². The lowest BCUT2D eigenvalue weighted by Gasteiger charge is -2.35. The number of halogens is 1. The van der Waals surface area contributed by atoms with E-state index < -0.39 is 6.04 Å². The molecule has 0 bridgehead atoms. The first-order valence-corrected chi connectivity index (χ1v) is 8.94. The van der Waals surface area contributed by atoms with Crippen molar-refractivity contribution in [2.24, 2.45) is 0 Å². The molecule has 0 aliphatic carbocycles. The van der Waals surface area contributed by atoms with E-state index in [1.54, 1.807) is 0 Å². The normalized spacial score (nSPS) is 17.0. The van der Waals surface area contributed by atoms with Crippen LogP contribution in [0.15, 0.2) is 28.7 Å². The smallest absolute Gasteiger partial charge is 0.249 e. The topological polar surface area (TPSA) is 67.2 Å². The lowest BCUT2D eigenvalue weighted by Crippen LogP contribution is -2.50. The van der Waals surface area contributed by atoms with E-state index in [4.69, 9.17) is 0 Å². The molecule has 3 rings (SSSR count). The average Bonchev–Trinajstić information content (AvgIpc) is 3.11. The molecular weight excluding hydrogens is 372 g/mol. The average molecular weight is 393 g/mol. The summed E-state index contributed by atoms with van der Waals surface area (Å²) in [5, 5.41) is 12.5. The van der Waals surface area contributed by atoms with Crippen molar-refractivity contribution in [3.05, 3.63) is 28.7 Å². The lowest BCUT2D eigenvalue weighted by atomic mass is 10.2. The van der Waals surface area contributed by atoms with Gasteiger partial charge in [0.1, 0.15) is 6.04 Å². The van der Waals surface area contributed by atoms with E-state index in [0.29, 0.717) is 5.82 Å². The summed E-state index contributed by atoms with van der Waals surface area (Å²) in [6.45, 7) is 8.34. The van der Waals surface area contributed by atoms with Crippen LogP contribution in [0, 0.1) is 0 Å². The Morgan fingerprint density at radius 3 is 2.50 bits per heavy atom. The predicted molar refractivity (Wildman–Crippen MR) is 94.4 cm³/mol. The van der Waals surface area contributed by atoms with Gasteiger partial charge in [0.2, 0.25) is 11.7 Å². The van der Waals surface area contributed by atoms with Gasteiger partial charge in [-0.2, -0.15) is 4.80 Å². The number of hydrogen-bond donors (Lipinski definition) is 0. The first kappa shape index (κ1) is 17.0. The highest BCUT2D eigenvalue weighted by Gasteiger charge is 2.27. The summed E-state index contributed by atoms with van der Waals surface area (Å²) in [4.78, 5) is 18.3. The fourth-order valence-corrected chi connectivity index (χ4v) is 3.02. The molecule has 1 aromatic carbocycles. The third-order valence-electron chi connectivity index (χ3n) is 4.37. The molecule has 0 spiro atoms. The van der Waals surface area contributed by atoms with Crippen molar-refractivity contribution in [1.29, 1.82) is 0 Å². The highest BCUT2D eigenvalue weighted by atomic mass is 79.9. The summed E-state index contributed by atoms with van der Waals surface area (Å²) in [5.74, 6) is 0.573. The van der Waals surface area contributed by atoms with E-state index in [1.165, 1.54) is 4.80 Å². The van der Waals surface area contributed by atoms with Gasteiger partial charge in [0.25, 0.3) is 0 Å². The van der Waals surface area contributed by atoms with Gasteiger partial charge in [0, 0.05) is 36.2 Å². The van der Waals surface area contributed by atoms with Crippen LogP contribution in [0.25, 0.3) is 11.4 Å². The van der Waals surface area contributed by atoms with E-state index in [2.05, 4.69) is 43.2 Å². The second-order valence-corrected chi connectivity index (χ2v) is 6.79. The molecule has 1 amide bonds. The molecule has 1 unspecified atom stereocenters.